The fraction of sp³-hybridized carbons (Fsp3) is 0.409. The highest BCUT2D eigenvalue weighted by Gasteiger charge is 2.28. The van der Waals surface area contributed by atoms with Crippen molar-refractivity contribution < 1.29 is 12.8 Å². The van der Waals surface area contributed by atoms with E-state index in [-0.39, 0.29) is 28.8 Å². The summed E-state index contributed by atoms with van der Waals surface area (Å²) in [5.41, 5.74) is 6.22. The van der Waals surface area contributed by atoms with Gasteiger partial charge in [-0.25, -0.2) is 17.8 Å². The van der Waals surface area contributed by atoms with Crippen LogP contribution < -0.4 is 16.0 Å². The van der Waals surface area contributed by atoms with E-state index >= 15 is 0 Å². The summed E-state index contributed by atoms with van der Waals surface area (Å²) in [6.45, 7) is 3.68. The molecule has 2 aromatic heterocycles. The molecule has 0 atom stereocenters. The number of hydrogen-bond acceptors (Lipinski definition) is 6. The van der Waals surface area contributed by atoms with Crippen molar-refractivity contribution in [1.29, 1.82) is 0 Å². The smallest absolute Gasteiger partial charge is 0.260 e. The molecule has 3 aromatic rings. The topological polar surface area (TPSA) is 120 Å². The Bertz CT molecular complexity index is 1330. The molecule has 32 heavy (non-hydrogen) atoms. The highest BCUT2D eigenvalue weighted by Crippen LogP contribution is 2.29. The predicted octanol–water partition coefficient (Wildman–Crippen LogP) is 3.84. The van der Waals surface area contributed by atoms with Crippen LogP contribution in [-0.4, -0.2) is 28.2 Å². The number of benzene rings is 1. The molecule has 0 aliphatic heterocycles. The highest BCUT2D eigenvalue weighted by molar-refractivity contribution is 7.93. The van der Waals surface area contributed by atoms with Gasteiger partial charge in [0.15, 0.2) is 0 Å². The first-order valence-corrected chi connectivity index (χ1v) is 12.2. The molecule has 0 spiro atoms. The van der Waals surface area contributed by atoms with Crippen LogP contribution in [0.3, 0.4) is 0 Å². The second-order valence-corrected chi connectivity index (χ2v) is 10.4. The maximum atomic E-state index is 14.9. The number of hydrogen-bond donors (Lipinski definition) is 2. The molecule has 8 nitrogen and oxygen atoms in total. The van der Waals surface area contributed by atoms with Crippen molar-refractivity contribution in [2.24, 2.45) is 0 Å². The average Bonchev–Trinajstić information content (AvgIpc) is 2.75. The summed E-state index contributed by atoms with van der Waals surface area (Å²) in [4.78, 5) is 21.4. The van der Waals surface area contributed by atoms with Crippen LogP contribution in [0.15, 0.2) is 35.3 Å². The molecule has 2 heterocycles. The molecule has 1 aromatic carbocycles. The van der Waals surface area contributed by atoms with Gasteiger partial charge in [-0.05, 0) is 50.5 Å². The van der Waals surface area contributed by atoms with Gasteiger partial charge in [0, 0.05) is 23.2 Å². The maximum absolute atomic E-state index is 14.9. The molecule has 0 radical (unpaired) electrons. The van der Waals surface area contributed by atoms with E-state index in [1.807, 2.05) is 13.8 Å². The van der Waals surface area contributed by atoms with Crippen LogP contribution in [0.25, 0.3) is 22.2 Å². The Morgan fingerprint density at radius 3 is 2.56 bits per heavy atom. The second kappa shape index (κ2) is 8.50. The van der Waals surface area contributed by atoms with Gasteiger partial charge < -0.3 is 5.73 Å². The lowest BCUT2D eigenvalue weighted by Gasteiger charge is -2.22. The number of nitrogens with one attached hydrogen (secondary N) is 1. The van der Waals surface area contributed by atoms with Crippen molar-refractivity contribution in [3.63, 3.8) is 0 Å². The lowest BCUT2D eigenvalue weighted by Crippen LogP contribution is -2.30. The van der Waals surface area contributed by atoms with Gasteiger partial charge in [-0.15, -0.1) is 0 Å². The molecule has 0 unspecified atom stereocenters. The first-order chi connectivity index (χ1) is 15.2. The molecule has 3 N–H and O–H groups in total. The molecule has 0 amide bonds. The third-order valence-electron chi connectivity index (χ3n) is 5.83. The lowest BCUT2D eigenvalue weighted by atomic mass is 10.0. The molecule has 1 saturated carbocycles. The van der Waals surface area contributed by atoms with E-state index in [4.69, 9.17) is 5.73 Å². The highest BCUT2D eigenvalue weighted by atomic mass is 32.2. The Morgan fingerprint density at radius 2 is 1.91 bits per heavy atom. The number of aromatic nitrogens is 3. The molecular formula is C22H26FN5O3S. The summed E-state index contributed by atoms with van der Waals surface area (Å²) in [5.74, 6) is -0.689. The van der Waals surface area contributed by atoms with Gasteiger partial charge >= 0.3 is 0 Å². The fourth-order valence-electron chi connectivity index (χ4n) is 4.20. The number of halogens is 1. The van der Waals surface area contributed by atoms with Crippen LogP contribution >= 0.6 is 0 Å². The van der Waals surface area contributed by atoms with E-state index < -0.39 is 21.1 Å². The lowest BCUT2D eigenvalue weighted by molar-refractivity contribution is 0.486. The largest absolute Gasteiger partial charge is 0.368 e. The molecule has 1 fully saturated rings. The SMILES string of the molecule is CC(C)n1c(=O)c(-c2ccc(NS(=O)(=O)C3CCCCC3)c(F)c2)cc2cnc(N)nc21. The van der Waals surface area contributed by atoms with Gasteiger partial charge in [0.2, 0.25) is 16.0 Å². The van der Waals surface area contributed by atoms with Gasteiger partial charge in [0.25, 0.3) is 5.56 Å². The molecule has 1 aliphatic rings. The van der Waals surface area contributed by atoms with Gasteiger partial charge in [-0.3, -0.25) is 14.1 Å². The Hall–Kier alpha value is -3.01. The van der Waals surface area contributed by atoms with Crippen molar-refractivity contribution >= 4 is 32.7 Å². The molecular weight excluding hydrogens is 433 g/mol. The molecule has 0 bridgehead atoms. The van der Waals surface area contributed by atoms with E-state index in [0.29, 0.717) is 29.4 Å². The zero-order valence-corrected chi connectivity index (χ0v) is 18.8. The second-order valence-electron chi connectivity index (χ2n) is 8.44. The molecule has 0 saturated heterocycles. The number of nitrogen functional groups attached to an aromatic ring is 1. The molecule has 1 aliphatic carbocycles. The fourth-order valence-corrected chi connectivity index (χ4v) is 5.79. The monoisotopic (exact) mass is 459 g/mol. The minimum atomic E-state index is -3.68. The van der Waals surface area contributed by atoms with Crippen molar-refractivity contribution in [2.45, 2.75) is 57.2 Å². The first-order valence-electron chi connectivity index (χ1n) is 10.7. The van der Waals surface area contributed by atoms with Crippen molar-refractivity contribution in [3.05, 3.63) is 46.6 Å². The summed E-state index contributed by atoms with van der Waals surface area (Å²) in [6.07, 6.45) is 5.40. The summed E-state index contributed by atoms with van der Waals surface area (Å²) < 4.78 is 44.1. The van der Waals surface area contributed by atoms with Crippen LogP contribution in [0, 0.1) is 5.82 Å². The van der Waals surface area contributed by atoms with E-state index in [2.05, 4.69) is 14.7 Å². The minimum Gasteiger partial charge on any atom is -0.368 e. The number of anilines is 2. The van der Waals surface area contributed by atoms with Gasteiger partial charge in [-0.1, -0.05) is 25.3 Å². The third kappa shape index (κ3) is 4.19. The number of rotatable bonds is 5. The Labute approximate surface area is 185 Å². The van der Waals surface area contributed by atoms with Crippen LogP contribution in [0.5, 0.6) is 0 Å². The summed E-state index contributed by atoms with van der Waals surface area (Å²) >= 11 is 0. The van der Waals surface area contributed by atoms with Gasteiger partial charge in [0.1, 0.15) is 11.5 Å². The number of fused-ring (bicyclic) bond motifs is 1. The first kappa shape index (κ1) is 22.2. The zero-order valence-electron chi connectivity index (χ0n) is 18.0. The molecule has 10 heteroatoms. The van der Waals surface area contributed by atoms with Crippen LogP contribution in [-0.2, 0) is 10.0 Å². The van der Waals surface area contributed by atoms with E-state index in [1.165, 1.54) is 29.0 Å². The Balaban J connectivity index is 1.74. The maximum Gasteiger partial charge on any atom is 0.260 e. The van der Waals surface area contributed by atoms with E-state index in [0.717, 1.165) is 19.3 Å². The van der Waals surface area contributed by atoms with E-state index in [1.54, 1.807) is 6.07 Å². The number of nitrogens with two attached hydrogens (primary N) is 1. The summed E-state index contributed by atoms with van der Waals surface area (Å²) in [5, 5.41) is 0.0754. The van der Waals surface area contributed by atoms with Crippen molar-refractivity contribution in [3.8, 4) is 11.1 Å². The Morgan fingerprint density at radius 1 is 1.19 bits per heavy atom. The molecule has 170 valence electrons. The normalized spacial score (nSPS) is 15.4. The van der Waals surface area contributed by atoms with Gasteiger partial charge in [0.05, 0.1) is 10.9 Å². The predicted molar refractivity (Wildman–Crippen MR) is 123 cm³/mol. The number of sulfonamides is 1. The van der Waals surface area contributed by atoms with Crippen LogP contribution in [0.4, 0.5) is 16.0 Å². The number of pyridine rings is 1. The van der Waals surface area contributed by atoms with Gasteiger partial charge in [-0.2, -0.15) is 4.98 Å². The van der Waals surface area contributed by atoms with Crippen molar-refractivity contribution in [1.82, 2.24) is 14.5 Å². The summed E-state index contributed by atoms with van der Waals surface area (Å²) in [7, 11) is -3.68. The zero-order chi connectivity index (χ0) is 23.0. The quantitative estimate of drug-likeness (QED) is 0.598. The van der Waals surface area contributed by atoms with Crippen molar-refractivity contribution in [2.75, 3.05) is 10.5 Å². The van der Waals surface area contributed by atoms with Crippen LogP contribution in [0.2, 0.25) is 0 Å². The number of nitrogens with zero attached hydrogens (tertiary/aromatic N) is 3. The minimum absolute atomic E-state index is 0.0553. The summed E-state index contributed by atoms with van der Waals surface area (Å²) in [6, 6.07) is 5.44. The molecule has 4 rings (SSSR count). The standard InChI is InChI=1S/C22H26FN5O3S/c1-13(2)28-20-15(12-25-22(24)26-20)10-17(21(28)29)14-8-9-19(18(23)11-14)27-32(30,31)16-6-4-3-5-7-16/h8-13,16,27H,3-7H2,1-2H3,(H2,24,25,26). The third-order valence-corrected chi connectivity index (χ3v) is 7.69. The average molecular weight is 460 g/mol. The van der Waals surface area contributed by atoms with Crippen LogP contribution in [0.1, 0.15) is 52.0 Å². The van der Waals surface area contributed by atoms with E-state index in [9.17, 15) is 17.6 Å². The Kier molecular flexibility index (Phi) is 5.89.